The molecule has 0 N–H and O–H groups in total. The van der Waals surface area contributed by atoms with E-state index in [0.717, 1.165) is 0 Å². The van der Waals surface area contributed by atoms with Crippen LogP contribution in [-0.2, 0) is 0 Å². The van der Waals surface area contributed by atoms with Gasteiger partial charge >= 0.3 is 6.61 Å². The number of hydrogen-bond acceptors (Lipinski definition) is 3. The van der Waals surface area contributed by atoms with Gasteiger partial charge < -0.3 is 14.2 Å². The summed E-state index contributed by atoms with van der Waals surface area (Å²) < 4.78 is 56.1. The van der Waals surface area contributed by atoms with Crippen LogP contribution in [-0.4, -0.2) is 20.3 Å². The van der Waals surface area contributed by atoms with Gasteiger partial charge in [-0.05, 0) is 47.3 Å². The van der Waals surface area contributed by atoms with E-state index in [2.05, 4.69) is 11.3 Å². The first kappa shape index (κ1) is 18.6. The van der Waals surface area contributed by atoms with Crippen molar-refractivity contribution < 1.29 is 27.4 Å². The third-order valence-corrected chi connectivity index (χ3v) is 3.97. The zero-order valence-electron chi connectivity index (χ0n) is 14.5. The Morgan fingerprint density at radius 3 is 2.37 bits per heavy atom. The summed E-state index contributed by atoms with van der Waals surface area (Å²) in [6.07, 6.45) is 1.57. The molecule has 3 aromatic carbocycles. The van der Waals surface area contributed by atoms with E-state index in [9.17, 15) is 8.78 Å². The Balaban J connectivity index is 2.17. The predicted molar refractivity (Wildman–Crippen MR) is 98.2 cm³/mol. The third kappa shape index (κ3) is 4.00. The van der Waals surface area contributed by atoms with Crippen molar-refractivity contribution in [3.63, 3.8) is 0 Å². The maximum atomic E-state index is 15.2. The van der Waals surface area contributed by atoms with Gasteiger partial charge in [-0.25, -0.2) is 4.39 Å². The van der Waals surface area contributed by atoms with Crippen molar-refractivity contribution in [3.8, 4) is 28.4 Å². The maximum Gasteiger partial charge on any atom is 0.387 e. The second kappa shape index (κ2) is 8.03. The lowest BCUT2D eigenvalue weighted by atomic mass is 9.98. The Labute approximate surface area is 154 Å². The van der Waals surface area contributed by atoms with Crippen LogP contribution < -0.4 is 14.2 Å². The fraction of sp³-hybridized carbons (Fsp3) is 0.143. The van der Waals surface area contributed by atoms with Crippen LogP contribution in [0.1, 0.15) is 0 Å². The number of ether oxygens (including phenoxy) is 3. The van der Waals surface area contributed by atoms with Crippen LogP contribution in [0.2, 0.25) is 0 Å². The molecule has 140 valence electrons. The molecule has 0 aliphatic rings. The summed E-state index contributed by atoms with van der Waals surface area (Å²) in [5.74, 6) is 0.145. The van der Waals surface area contributed by atoms with Gasteiger partial charge in [0.1, 0.15) is 29.7 Å². The Morgan fingerprint density at radius 1 is 1.04 bits per heavy atom. The number of alkyl halides is 2. The molecule has 0 saturated carbocycles. The molecule has 3 rings (SSSR count). The molecule has 0 heterocycles. The summed E-state index contributed by atoms with van der Waals surface area (Å²) >= 11 is 0. The SMILES string of the molecule is C=CCOc1ccc2c(F)c(-c3ccc(OC)cc3)c(OC(F)F)cc2c1. The largest absolute Gasteiger partial charge is 0.497 e. The zero-order chi connectivity index (χ0) is 19.4. The van der Waals surface area contributed by atoms with Gasteiger partial charge in [-0.1, -0.05) is 24.8 Å². The van der Waals surface area contributed by atoms with Crippen LogP contribution in [0.5, 0.6) is 17.2 Å². The monoisotopic (exact) mass is 374 g/mol. The van der Waals surface area contributed by atoms with Crippen molar-refractivity contribution in [3.05, 3.63) is 67.0 Å². The first-order chi connectivity index (χ1) is 13.0. The topological polar surface area (TPSA) is 27.7 Å². The minimum Gasteiger partial charge on any atom is -0.497 e. The first-order valence-corrected chi connectivity index (χ1v) is 8.12. The average Bonchev–Trinajstić information content (AvgIpc) is 2.66. The lowest BCUT2D eigenvalue weighted by molar-refractivity contribution is -0.0494. The highest BCUT2D eigenvalue weighted by atomic mass is 19.3. The molecule has 3 aromatic rings. The van der Waals surface area contributed by atoms with E-state index in [1.54, 1.807) is 48.5 Å². The second-order valence-corrected chi connectivity index (χ2v) is 5.65. The van der Waals surface area contributed by atoms with Gasteiger partial charge in [-0.3, -0.25) is 0 Å². The number of hydrogen-bond donors (Lipinski definition) is 0. The fourth-order valence-corrected chi connectivity index (χ4v) is 2.78. The number of fused-ring (bicyclic) bond motifs is 1. The van der Waals surface area contributed by atoms with Gasteiger partial charge in [0.05, 0.1) is 12.7 Å². The van der Waals surface area contributed by atoms with Gasteiger partial charge in [0.25, 0.3) is 0 Å². The molecule has 0 aliphatic carbocycles. The summed E-state index contributed by atoms with van der Waals surface area (Å²) in [6.45, 7) is 0.751. The molecule has 0 spiro atoms. The van der Waals surface area contributed by atoms with Crippen LogP contribution in [0, 0.1) is 5.82 Å². The number of halogens is 3. The van der Waals surface area contributed by atoms with E-state index in [0.29, 0.717) is 22.4 Å². The maximum absolute atomic E-state index is 15.2. The van der Waals surface area contributed by atoms with E-state index >= 15 is 4.39 Å². The van der Waals surface area contributed by atoms with E-state index in [4.69, 9.17) is 9.47 Å². The van der Waals surface area contributed by atoms with Gasteiger partial charge in [0.2, 0.25) is 0 Å². The number of methoxy groups -OCH3 is 1. The summed E-state index contributed by atoms with van der Waals surface area (Å²) in [4.78, 5) is 0. The minimum absolute atomic E-state index is 0.0368. The molecule has 0 saturated heterocycles. The van der Waals surface area contributed by atoms with Crippen LogP contribution in [0.15, 0.2) is 61.2 Å². The molecule has 6 heteroatoms. The number of benzene rings is 3. The van der Waals surface area contributed by atoms with Gasteiger partial charge in [-0.15, -0.1) is 0 Å². The molecule has 0 unspecified atom stereocenters. The van der Waals surface area contributed by atoms with Crippen molar-refractivity contribution in [1.82, 2.24) is 0 Å². The summed E-state index contributed by atoms with van der Waals surface area (Å²) in [5, 5.41) is 0.662. The molecule has 3 nitrogen and oxygen atoms in total. The van der Waals surface area contributed by atoms with Crippen LogP contribution in [0.25, 0.3) is 21.9 Å². The Morgan fingerprint density at radius 2 is 1.74 bits per heavy atom. The fourth-order valence-electron chi connectivity index (χ4n) is 2.78. The molecule has 0 radical (unpaired) electrons. The highest BCUT2D eigenvalue weighted by molar-refractivity contribution is 5.92. The number of rotatable bonds is 7. The normalized spacial score (nSPS) is 10.9. The van der Waals surface area contributed by atoms with Crippen molar-refractivity contribution in [2.75, 3.05) is 13.7 Å². The smallest absolute Gasteiger partial charge is 0.387 e. The van der Waals surface area contributed by atoms with Crippen LogP contribution in [0.3, 0.4) is 0 Å². The lowest BCUT2D eigenvalue weighted by Gasteiger charge is -2.15. The van der Waals surface area contributed by atoms with Crippen molar-refractivity contribution in [1.29, 1.82) is 0 Å². The molecular formula is C21H17F3O3. The predicted octanol–water partition coefficient (Wildman–Crippen LogP) is 5.82. The highest BCUT2D eigenvalue weighted by Gasteiger charge is 2.19. The van der Waals surface area contributed by atoms with Crippen molar-refractivity contribution >= 4 is 10.8 Å². The molecule has 0 aromatic heterocycles. The molecule has 27 heavy (non-hydrogen) atoms. The molecule has 0 fully saturated rings. The van der Waals surface area contributed by atoms with E-state index in [-0.39, 0.29) is 23.3 Å². The summed E-state index contributed by atoms with van der Waals surface area (Å²) in [6, 6.07) is 12.5. The van der Waals surface area contributed by atoms with Crippen LogP contribution in [0.4, 0.5) is 13.2 Å². The van der Waals surface area contributed by atoms with Crippen molar-refractivity contribution in [2.45, 2.75) is 6.61 Å². The van der Waals surface area contributed by atoms with E-state index in [1.165, 1.54) is 13.2 Å². The Bertz CT molecular complexity index is 953. The molecule has 0 bridgehead atoms. The molecule has 0 amide bonds. The van der Waals surface area contributed by atoms with Crippen molar-refractivity contribution in [2.24, 2.45) is 0 Å². The van der Waals surface area contributed by atoms with E-state index < -0.39 is 12.4 Å². The quantitative estimate of drug-likeness (QED) is 0.488. The molecule has 0 atom stereocenters. The Kier molecular flexibility index (Phi) is 5.54. The first-order valence-electron chi connectivity index (χ1n) is 8.12. The van der Waals surface area contributed by atoms with E-state index in [1.807, 2.05) is 0 Å². The van der Waals surface area contributed by atoms with Gasteiger partial charge in [-0.2, -0.15) is 8.78 Å². The third-order valence-electron chi connectivity index (χ3n) is 3.97. The zero-order valence-corrected chi connectivity index (χ0v) is 14.5. The minimum atomic E-state index is -3.08. The van der Waals surface area contributed by atoms with Gasteiger partial charge in [0.15, 0.2) is 0 Å². The average molecular weight is 374 g/mol. The molecular weight excluding hydrogens is 357 g/mol. The summed E-state index contributed by atoms with van der Waals surface area (Å²) in [5.41, 5.74) is 0.364. The highest BCUT2D eigenvalue weighted by Crippen LogP contribution is 2.39. The summed E-state index contributed by atoms with van der Waals surface area (Å²) in [7, 11) is 1.50. The Hall–Kier alpha value is -3.15. The van der Waals surface area contributed by atoms with Gasteiger partial charge in [0, 0.05) is 5.39 Å². The standard InChI is InChI=1S/C21H17F3O3/c1-3-10-26-16-8-9-17-14(11-16)12-18(27-21(23)24)19(20(17)22)13-4-6-15(25-2)7-5-13/h3-9,11-12,21H,1,10H2,2H3. The van der Waals surface area contributed by atoms with Crippen LogP contribution >= 0.6 is 0 Å². The lowest BCUT2D eigenvalue weighted by Crippen LogP contribution is -2.05. The second-order valence-electron chi connectivity index (χ2n) is 5.65. The molecule has 0 aliphatic heterocycles.